The monoisotopic (exact) mass is 315 g/mol. The summed E-state index contributed by atoms with van der Waals surface area (Å²) in [5, 5.41) is 5.62. The first-order chi connectivity index (χ1) is 10.9. The molecule has 2 amide bonds. The second kappa shape index (κ2) is 7.11. The number of amides is 2. The van der Waals surface area contributed by atoms with E-state index in [4.69, 9.17) is 10.2 Å². The Hall–Kier alpha value is -2.60. The van der Waals surface area contributed by atoms with E-state index in [2.05, 4.69) is 10.6 Å². The molecular weight excluding hydrogens is 294 g/mol. The Bertz CT molecular complexity index is 720. The number of nitrogens with two attached hydrogens (primary N) is 1. The van der Waals surface area contributed by atoms with Crippen molar-refractivity contribution in [3.8, 4) is 0 Å². The lowest BCUT2D eigenvalue weighted by molar-refractivity contribution is 0.0942. The number of anilines is 1. The molecule has 23 heavy (non-hydrogen) atoms. The average molecular weight is 315 g/mol. The van der Waals surface area contributed by atoms with Crippen LogP contribution in [0, 0.1) is 6.92 Å². The Morgan fingerprint density at radius 3 is 2.52 bits per heavy atom. The van der Waals surface area contributed by atoms with Crippen molar-refractivity contribution in [3.63, 3.8) is 0 Å². The van der Waals surface area contributed by atoms with Crippen LogP contribution >= 0.6 is 0 Å². The third-order valence-corrected chi connectivity index (χ3v) is 3.27. The maximum atomic E-state index is 12.1. The van der Waals surface area contributed by atoms with E-state index in [1.54, 1.807) is 24.3 Å². The number of hydrogen-bond acceptors (Lipinski definition) is 4. The van der Waals surface area contributed by atoms with Gasteiger partial charge in [-0.3, -0.25) is 9.59 Å². The first-order valence-electron chi connectivity index (χ1n) is 7.41. The van der Waals surface area contributed by atoms with Crippen LogP contribution in [-0.2, 0) is 6.54 Å². The molecule has 122 valence electrons. The van der Waals surface area contributed by atoms with Crippen molar-refractivity contribution >= 4 is 17.5 Å². The van der Waals surface area contributed by atoms with Gasteiger partial charge >= 0.3 is 0 Å². The molecule has 0 fully saturated rings. The van der Waals surface area contributed by atoms with Crippen molar-refractivity contribution in [2.24, 2.45) is 5.73 Å². The predicted octanol–water partition coefficient (Wildman–Crippen LogP) is 2.44. The number of carbonyl (C=O) groups is 2. The molecule has 0 atom stereocenters. The van der Waals surface area contributed by atoms with Crippen molar-refractivity contribution in [3.05, 3.63) is 53.0 Å². The molecule has 0 spiro atoms. The fourth-order valence-electron chi connectivity index (χ4n) is 2.15. The van der Waals surface area contributed by atoms with Crippen LogP contribution in [0.2, 0.25) is 0 Å². The van der Waals surface area contributed by atoms with Crippen molar-refractivity contribution in [2.45, 2.75) is 33.4 Å². The van der Waals surface area contributed by atoms with Gasteiger partial charge in [-0.15, -0.1) is 0 Å². The van der Waals surface area contributed by atoms with Crippen LogP contribution < -0.4 is 16.4 Å². The largest absolute Gasteiger partial charge is 0.467 e. The summed E-state index contributed by atoms with van der Waals surface area (Å²) in [5.41, 5.74) is 7.85. The van der Waals surface area contributed by atoms with Crippen LogP contribution in [0.3, 0.4) is 0 Å². The molecule has 0 unspecified atom stereocenters. The zero-order valence-electron chi connectivity index (χ0n) is 13.5. The zero-order chi connectivity index (χ0) is 17.0. The average Bonchev–Trinajstić information content (AvgIpc) is 2.95. The van der Waals surface area contributed by atoms with Gasteiger partial charge in [-0.05, 0) is 50.6 Å². The Balaban J connectivity index is 2.11. The molecule has 0 aliphatic rings. The minimum Gasteiger partial charge on any atom is -0.467 e. The van der Waals surface area contributed by atoms with E-state index < -0.39 is 0 Å². The molecule has 1 heterocycles. The Morgan fingerprint density at radius 1 is 1.22 bits per heavy atom. The molecule has 2 aromatic rings. The number of carbonyl (C=O) groups excluding carboxylic acids is 2. The molecule has 0 radical (unpaired) electrons. The molecule has 0 aliphatic heterocycles. The van der Waals surface area contributed by atoms with Gasteiger partial charge in [0, 0.05) is 17.3 Å². The standard InChI is InChI=1S/C17H21N3O3/c1-10(2)19-17(22)15-5-4-13(6-11(15)3)20-16(21)12-7-14(8-18)23-9-12/h4-7,9-10H,8,18H2,1-3H3,(H,19,22)(H,20,21). The normalized spacial score (nSPS) is 10.7. The third-order valence-electron chi connectivity index (χ3n) is 3.27. The lowest BCUT2D eigenvalue weighted by atomic mass is 10.1. The second-order valence-electron chi connectivity index (χ2n) is 5.62. The number of nitrogens with one attached hydrogen (secondary N) is 2. The maximum absolute atomic E-state index is 12.1. The van der Waals surface area contributed by atoms with Crippen molar-refractivity contribution < 1.29 is 14.0 Å². The summed E-state index contributed by atoms with van der Waals surface area (Å²) in [5.74, 6) is 0.136. The van der Waals surface area contributed by atoms with Gasteiger partial charge in [0.25, 0.3) is 11.8 Å². The topological polar surface area (TPSA) is 97.4 Å². The lowest BCUT2D eigenvalue weighted by Crippen LogP contribution is -2.30. The molecule has 4 N–H and O–H groups in total. The van der Waals surface area contributed by atoms with E-state index in [0.29, 0.717) is 22.6 Å². The third kappa shape index (κ3) is 4.20. The molecule has 6 heteroatoms. The van der Waals surface area contributed by atoms with Gasteiger partial charge < -0.3 is 20.8 Å². The van der Waals surface area contributed by atoms with Crippen LogP contribution in [-0.4, -0.2) is 17.9 Å². The molecule has 6 nitrogen and oxygen atoms in total. The maximum Gasteiger partial charge on any atom is 0.258 e. The van der Waals surface area contributed by atoms with E-state index in [-0.39, 0.29) is 24.4 Å². The number of furan rings is 1. The molecule has 0 saturated carbocycles. The van der Waals surface area contributed by atoms with Gasteiger partial charge in [-0.2, -0.15) is 0 Å². The summed E-state index contributed by atoms with van der Waals surface area (Å²) >= 11 is 0. The Labute approximate surface area is 135 Å². The molecule has 0 saturated heterocycles. The van der Waals surface area contributed by atoms with Crippen molar-refractivity contribution in [1.29, 1.82) is 0 Å². The highest BCUT2D eigenvalue weighted by atomic mass is 16.3. The highest BCUT2D eigenvalue weighted by Gasteiger charge is 2.13. The second-order valence-corrected chi connectivity index (χ2v) is 5.62. The van der Waals surface area contributed by atoms with Gasteiger partial charge in [0.2, 0.25) is 0 Å². The molecule has 1 aromatic carbocycles. The summed E-state index contributed by atoms with van der Waals surface area (Å²) in [6, 6.07) is 6.83. The van der Waals surface area contributed by atoms with Crippen LogP contribution in [0.1, 0.15) is 45.9 Å². The highest BCUT2D eigenvalue weighted by molar-refractivity contribution is 6.04. The number of hydrogen-bond donors (Lipinski definition) is 3. The van der Waals surface area contributed by atoms with E-state index in [1.807, 2.05) is 20.8 Å². The minimum atomic E-state index is -0.285. The van der Waals surface area contributed by atoms with Crippen LogP contribution in [0.15, 0.2) is 34.9 Å². The summed E-state index contributed by atoms with van der Waals surface area (Å²) in [6.07, 6.45) is 1.37. The Morgan fingerprint density at radius 2 is 1.96 bits per heavy atom. The molecular formula is C17H21N3O3. The van der Waals surface area contributed by atoms with Crippen molar-refractivity contribution in [1.82, 2.24) is 5.32 Å². The molecule has 1 aromatic heterocycles. The van der Waals surface area contributed by atoms with E-state index in [9.17, 15) is 9.59 Å². The Kier molecular flexibility index (Phi) is 5.18. The lowest BCUT2D eigenvalue weighted by Gasteiger charge is -2.12. The molecule has 0 bridgehead atoms. The quantitative estimate of drug-likeness (QED) is 0.789. The van der Waals surface area contributed by atoms with Gasteiger partial charge in [0.15, 0.2) is 0 Å². The smallest absolute Gasteiger partial charge is 0.258 e. The first-order valence-corrected chi connectivity index (χ1v) is 7.41. The zero-order valence-corrected chi connectivity index (χ0v) is 13.5. The number of benzene rings is 1. The van der Waals surface area contributed by atoms with Crippen molar-refractivity contribution in [2.75, 3.05) is 5.32 Å². The van der Waals surface area contributed by atoms with Crippen LogP contribution in [0.25, 0.3) is 0 Å². The van der Waals surface area contributed by atoms with Gasteiger partial charge in [-0.25, -0.2) is 0 Å². The predicted molar refractivity (Wildman–Crippen MR) is 88.3 cm³/mol. The molecule has 2 rings (SSSR count). The summed E-state index contributed by atoms with van der Waals surface area (Å²) < 4.78 is 5.15. The van der Waals surface area contributed by atoms with E-state index >= 15 is 0 Å². The SMILES string of the molecule is Cc1cc(NC(=O)c2coc(CN)c2)ccc1C(=O)NC(C)C. The molecule has 0 aliphatic carbocycles. The van der Waals surface area contributed by atoms with Crippen LogP contribution in [0.5, 0.6) is 0 Å². The van der Waals surface area contributed by atoms with Gasteiger partial charge in [-0.1, -0.05) is 0 Å². The summed E-state index contributed by atoms with van der Waals surface area (Å²) in [6.45, 7) is 5.88. The van der Waals surface area contributed by atoms with Gasteiger partial charge in [0.1, 0.15) is 12.0 Å². The van der Waals surface area contributed by atoms with Crippen LogP contribution in [0.4, 0.5) is 5.69 Å². The summed E-state index contributed by atoms with van der Waals surface area (Å²) in [7, 11) is 0. The van der Waals surface area contributed by atoms with E-state index in [0.717, 1.165) is 5.56 Å². The van der Waals surface area contributed by atoms with Gasteiger partial charge in [0.05, 0.1) is 12.1 Å². The fraction of sp³-hybridized carbons (Fsp3) is 0.294. The first kappa shape index (κ1) is 16.8. The highest BCUT2D eigenvalue weighted by Crippen LogP contribution is 2.17. The minimum absolute atomic E-state index is 0.0686. The fourth-order valence-corrected chi connectivity index (χ4v) is 2.15. The number of rotatable bonds is 5. The van der Waals surface area contributed by atoms with E-state index in [1.165, 1.54) is 6.26 Å². The number of aryl methyl sites for hydroxylation is 1. The summed E-state index contributed by atoms with van der Waals surface area (Å²) in [4.78, 5) is 24.2.